The van der Waals surface area contributed by atoms with Crippen LogP contribution >= 0.6 is 23.4 Å². The van der Waals surface area contributed by atoms with Crippen LogP contribution in [0.15, 0.2) is 53.4 Å². The molecule has 2 saturated heterocycles. The number of nitrogens with zero attached hydrogens (tertiary/aromatic N) is 2. The van der Waals surface area contributed by atoms with Crippen molar-refractivity contribution < 1.29 is 23.9 Å². The van der Waals surface area contributed by atoms with Crippen molar-refractivity contribution in [1.29, 1.82) is 0 Å². The van der Waals surface area contributed by atoms with E-state index in [1.165, 1.54) is 0 Å². The summed E-state index contributed by atoms with van der Waals surface area (Å²) in [5.41, 5.74) is 1.24. The minimum absolute atomic E-state index is 0.207. The van der Waals surface area contributed by atoms with Gasteiger partial charge in [0.15, 0.2) is 6.61 Å². The Morgan fingerprint density at radius 3 is 2.54 bits per heavy atom. The number of amides is 4. The van der Waals surface area contributed by atoms with E-state index in [9.17, 15) is 19.2 Å². The number of hydrogen-bond donors (Lipinski definition) is 1. The third-order valence-corrected chi connectivity index (χ3v) is 6.69. The maximum absolute atomic E-state index is 12.8. The number of thioether (sulfide) groups is 1. The van der Waals surface area contributed by atoms with Gasteiger partial charge in [-0.1, -0.05) is 23.7 Å². The van der Waals surface area contributed by atoms with Gasteiger partial charge in [0, 0.05) is 23.8 Å². The van der Waals surface area contributed by atoms with Gasteiger partial charge in [-0.05, 0) is 79.1 Å². The van der Waals surface area contributed by atoms with Crippen LogP contribution < -0.4 is 10.1 Å². The smallest absolute Gasteiger partial charge is 0.294 e. The van der Waals surface area contributed by atoms with Crippen LogP contribution in [0, 0.1) is 0 Å². The second-order valence-corrected chi connectivity index (χ2v) is 9.56. The molecule has 2 heterocycles. The molecule has 0 aromatic heterocycles. The van der Waals surface area contributed by atoms with Crippen molar-refractivity contribution in [2.45, 2.75) is 19.3 Å². The zero-order valence-corrected chi connectivity index (χ0v) is 20.4. The number of rotatable bonds is 7. The standard InChI is InChI=1S/C25H24ClN3O5S/c26-18-7-9-19(10-8-18)27-22(30)16-34-20-6-4-5-17(13-20)14-21-24(32)29(25(33)35-21)15-23(31)28-11-2-1-3-12-28/h4-10,13-14H,1-3,11-12,15-16H2,(H,27,30)/b21-14-. The average Bonchev–Trinajstić information content (AvgIpc) is 3.12. The molecule has 2 aromatic carbocycles. The van der Waals surface area contributed by atoms with E-state index in [1.54, 1.807) is 59.5 Å². The van der Waals surface area contributed by atoms with Crippen molar-refractivity contribution in [3.8, 4) is 5.75 Å². The van der Waals surface area contributed by atoms with Crippen LogP contribution in [0.4, 0.5) is 10.5 Å². The fourth-order valence-corrected chi connectivity index (χ4v) is 4.70. The van der Waals surface area contributed by atoms with Crippen molar-refractivity contribution in [2.75, 3.05) is 31.6 Å². The maximum Gasteiger partial charge on any atom is 0.294 e. The first-order valence-electron chi connectivity index (χ1n) is 11.2. The molecule has 4 rings (SSSR count). The Balaban J connectivity index is 1.34. The molecule has 4 amide bonds. The number of benzene rings is 2. The Hall–Kier alpha value is -3.30. The van der Waals surface area contributed by atoms with Gasteiger partial charge in [-0.25, -0.2) is 0 Å². The molecule has 2 aliphatic rings. The SMILES string of the molecule is O=C(COc1cccc(/C=C2\SC(=O)N(CC(=O)N3CCCCC3)C2=O)c1)Nc1ccc(Cl)cc1. The molecule has 0 saturated carbocycles. The predicted octanol–water partition coefficient (Wildman–Crippen LogP) is 4.41. The van der Waals surface area contributed by atoms with E-state index >= 15 is 0 Å². The topological polar surface area (TPSA) is 96.0 Å². The van der Waals surface area contributed by atoms with Crippen molar-refractivity contribution in [3.63, 3.8) is 0 Å². The van der Waals surface area contributed by atoms with Crippen LogP contribution in [-0.2, 0) is 14.4 Å². The highest BCUT2D eigenvalue weighted by Gasteiger charge is 2.37. The number of imide groups is 1. The van der Waals surface area contributed by atoms with Gasteiger partial charge in [0.05, 0.1) is 4.91 Å². The third-order valence-electron chi connectivity index (χ3n) is 5.53. The molecule has 182 valence electrons. The second-order valence-electron chi connectivity index (χ2n) is 8.13. The van der Waals surface area contributed by atoms with Crippen LogP contribution in [0.2, 0.25) is 5.02 Å². The van der Waals surface area contributed by atoms with E-state index in [-0.39, 0.29) is 29.9 Å². The van der Waals surface area contributed by atoms with Crippen molar-refractivity contribution in [2.24, 2.45) is 0 Å². The Kier molecular flexibility index (Phi) is 8.09. The zero-order valence-electron chi connectivity index (χ0n) is 18.9. The summed E-state index contributed by atoms with van der Waals surface area (Å²) >= 11 is 6.65. The molecular formula is C25H24ClN3O5S. The summed E-state index contributed by atoms with van der Waals surface area (Å²) in [4.78, 5) is 52.8. The van der Waals surface area contributed by atoms with Gasteiger partial charge in [0.1, 0.15) is 12.3 Å². The quantitative estimate of drug-likeness (QED) is 0.551. The highest BCUT2D eigenvalue weighted by Crippen LogP contribution is 2.32. The zero-order chi connectivity index (χ0) is 24.8. The Morgan fingerprint density at radius 2 is 1.80 bits per heavy atom. The predicted molar refractivity (Wildman–Crippen MR) is 135 cm³/mol. The van der Waals surface area contributed by atoms with Gasteiger partial charge in [-0.2, -0.15) is 0 Å². The van der Waals surface area contributed by atoms with E-state index in [4.69, 9.17) is 16.3 Å². The van der Waals surface area contributed by atoms with Crippen molar-refractivity contribution >= 4 is 58.1 Å². The fraction of sp³-hybridized carbons (Fsp3) is 0.280. The molecule has 2 fully saturated rings. The number of anilines is 1. The second kappa shape index (κ2) is 11.4. The van der Waals surface area contributed by atoms with Crippen LogP contribution in [-0.4, -0.2) is 59.0 Å². The first-order valence-corrected chi connectivity index (χ1v) is 12.4. The number of carbonyl (C=O) groups is 4. The van der Waals surface area contributed by atoms with Crippen LogP contribution in [0.1, 0.15) is 24.8 Å². The van der Waals surface area contributed by atoms with Crippen LogP contribution in [0.3, 0.4) is 0 Å². The molecule has 0 atom stereocenters. The molecule has 0 bridgehead atoms. The molecule has 0 radical (unpaired) electrons. The van der Waals surface area contributed by atoms with E-state index in [1.807, 2.05) is 0 Å². The summed E-state index contributed by atoms with van der Waals surface area (Å²) in [5, 5.41) is 2.82. The summed E-state index contributed by atoms with van der Waals surface area (Å²) < 4.78 is 5.57. The Bertz CT molecular complexity index is 1160. The van der Waals surface area contributed by atoms with E-state index < -0.39 is 11.1 Å². The number of piperidine rings is 1. The van der Waals surface area contributed by atoms with E-state index in [2.05, 4.69) is 5.32 Å². The lowest BCUT2D eigenvalue weighted by Crippen LogP contribution is -2.44. The lowest BCUT2D eigenvalue weighted by atomic mass is 10.1. The normalized spacial score (nSPS) is 17.1. The fourth-order valence-electron chi connectivity index (χ4n) is 3.74. The van der Waals surface area contributed by atoms with Gasteiger partial charge in [-0.3, -0.25) is 24.1 Å². The molecule has 2 aromatic rings. The van der Waals surface area contributed by atoms with Gasteiger partial charge >= 0.3 is 0 Å². The number of hydrogen-bond acceptors (Lipinski definition) is 6. The molecule has 35 heavy (non-hydrogen) atoms. The molecule has 0 aliphatic carbocycles. The van der Waals surface area contributed by atoms with Crippen LogP contribution in [0.25, 0.3) is 6.08 Å². The summed E-state index contributed by atoms with van der Waals surface area (Å²) in [7, 11) is 0. The Labute approximate surface area is 212 Å². The number of halogens is 1. The van der Waals surface area contributed by atoms with Gasteiger partial charge in [0.2, 0.25) is 5.91 Å². The Morgan fingerprint density at radius 1 is 1.06 bits per heavy atom. The largest absolute Gasteiger partial charge is 0.484 e. The number of nitrogens with one attached hydrogen (secondary N) is 1. The average molecular weight is 514 g/mol. The van der Waals surface area contributed by atoms with Gasteiger partial charge < -0.3 is 15.0 Å². The van der Waals surface area contributed by atoms with Crippen molar-refractivity contribution in [3.05, 3.63) is 64.0 Å². The molecule has 0 unspecified atom stereocenters. The monoisotopic (exact) mass is 513 g/mol. The van der Waals surface area contributed by atoms with Gasteiger partial charge in [0.25, 0.3) is 17.1 Å². The third kappa shape index (κ3) is 6.64. The minimum Gasteiger partial charge on any atom is -0.484 e. The highest BCUT2D eigenvalue weighted by atomic mass is 35.5. The van der Waals surface area contributed by atoms with Crippen molar-refractivity contribution in [1.82, 2.24) is 9.80 Å². The molecule has 1 N–H and O–H groups in total. The highest BCUT2D eigenvalue weighted by molar-refractivity contribution is 8.18. The molecule has 0 spiro atoms. The number of carbonyl (C=O) groups excluding carboxylic acids is 4. The van der Waals surface area contributed by atoms with Gasteiger partial charge in [-0.15, -0.1) is 0 Å². The first kappa shape index (κ1) is 24.8. The summed E-state index contributed by atoms with van der Waals surface area (Å²) in [6.07, 6.45) is 4.55. The number of likely N-dealkylation sites (tertiary alicyclic amines) is 1. The molecule has 10 heteroatoms. The van der Waals surface area contributed by atoms with E-state index in [0.717, 1.165) is 35.9 Å². The first-order chi connectivity index (χ1) is 16.9. The summed E-state index contributed by atoms with van der Waals surface area (Å²) in [5.74, 6) is -0.596. The molecule has 8 nitrogen and oxygen atoms in total. The lowest BCUT2D eigenvalue weighted by Gasteiger charge is -2.27. The minimum atomic E-state index is -0.487. The summed E-state index contributed by atoms with van der Waals surface area (Å²) in [6.45, 7) is 0.875. The molecular weight excluding hydrogens is 490 g/mol. The number of ether oxygens (including phenoxy) is 1. The summed E-state index contributed by atoms with van der Waals surface area (Å²) in [6, 6.07) is 13.6. The molecule has 2 aliphatic heterocycles. The van der Waals surface area contributed by atoms with Crippen LogP contribution in [0.5, 0.6) is 5.75 Å². The lowest BCUT2D eigenvalue weighted by molar-refractivity contribution is -0.136. The maximum atomic E-state index is 12.8. The van der Waals surface area contributed by atoms with E-state index in [0.29, 0.717) is 35.1 Å².